The predicted molar refractivity (Wildman–Crippen MR) is 171 cm³/mol. The zero-order valence-electron chi connectivity index (χ0n) is 26.2. The topological polar surface area (TPSA) is 136 Å². The molecule has 0 fully saturated rings. The summed E-state index contributed by atoms with van der Waals surface area (Å²) in [4.78, 5) is 52.4. The van der Waals surface area contributed by atoms with Crippen molar-refractivity contribution in [3.05, 3.63) is 77.7 Å². The molecule has 0 aromatic heterocycles. The highest BCUT2D eigenvalue weighted by Crippen LogP contribution is 2.55. The van der Waals surface area contributed by atoms with Crippen LogP contribution >= 0.6 is 22.6 Å². The number of Topliss-reactive ketones (excluding diaryl/α,β-unsaturated/α-hetero) is 2. The van der Waals surface area contributed by atoms with E-state index in [1.165, 1.54) is 7.11 Å². The van der Waals surface area contributed by atoms with E-state index < -0.39 is 57.4 Å². The van der Waals surface area contributed by atoms with Crippen LogP contribution in [0.25, 0.3) is 0 Å². The van der Waals surface area contributed by atoms with E-state index in [1.54, 1.807) is 17.0 Å². The van der Waals surface area contributed by atoms with Gasteiger partial charge in [0.25, 0.3) is 0 Å². The molecular formula is C33H32F3IN2O8. The maximum atomic E-state index is 13.9. The summed E-state index contributed by atoms with van der Waals surface area (Å²) in [6.45, 7) is 7.31. The van der Waals surface area contributed by atoms with Gasteiger partial charge in [0.15, 0.2) is 23.1 Å². The zero-order valence-corrected chi connectivity index (χ0v) is 28.4. The Morgan fingerprint density at radius 1 is 1.00 bits per heavy atom. The smallest absolute Gasteiger partial charge is 0.416 e. The molecule has 0 bridgehead atoms. The molecule has 2 aromatic rings. The fourth-order valence-corrected chi connectivity index (χ4v) is 7.48. The van der Waals surface area contributed by atoms with Gasteiger partial charge in [-0.05, 0) is 76.1 Å². The fourth-order valence-electron chi connectivity index (χ4n) is 6.75. The van der Waals surface area contributed by atoms with Crippen LogP contribution in [0.2, 0.25) is 0 Å². The highest BCUT2D eigenvalue weighted by Gasteiger charge is 2.49. The lowest BCUT2D eigenvalue weighted by atomic mass is 9.63. The van der Waals surface area contributed by atoms with E-state index >= 15 is 0 Å². The number of hydrogen-bond acceptors (Lipinski definition) is 8. The largest absolute Gasteiger partial charge is 0.493 e. The van der Waals surface area contributed by atoms with Gasteiger partial charge in [0, 0.05) is 47.4 Å². The van der Waals surface area contributed by atoms with Gasteiger partial charge in [-0.15, -0.1) is 0 Å². The third-order valence-corrected chi connectivity index (χ3v) is 9.40. The van der Waals surface area contributed by atoms with Gasteiger partial charge < -0.3 is 19.5 Å². The number of allylic oxidation sites excluding steroid dienone is 4. The van der Waals surface area contributed by atoms with Crippen molar-refractivity contribution in [1.82, 2.24) is 4.90 Å². The third kappa shape index (κ3) is 6.61. The molecular weight excluding hydrogens is 736 g/mol. The van der Waals surface area contributed by atoms with Gasteiger partial charge in [0.05, 0.1) is 21.2 Å². The van der Waals surface area contributed by atoms with Crippen LogP contribution in [0.4, 0.5) is 18.9 Å². The lowest BCUT2D eigenvalue weighted by molar-refractivity contribution is -0.385. The lowest BCUT2D eigenvalue weighted by Gasteiger charge is -2.48. The molecule has 250 valence electrons. The van der Waals surface area contributed by atoms with E-state index in [0.717, 1.165) is 6.07 Å². The third-order valence-electron chi connectivity index (χ3n) is 8.60. The van der Waals surface area contributed by atoms with E-state index in [-0.39, 0.29) is 35.9 Å². The van der Waals surface area contributed by atoms with Crippen molar-refractivity contribution in [2.24, 2.45) is 10.8 Å². The molecule has 47 heavy (non-hydrogen) atoms. The molecule has 5 rings (SSSR count). The molecule has 3 aliphatic rings. The van der Waals surface area contributed by atoms with Gasteiger partial charge in [-0.2, -0.15) is 13.2 Å². The first-order chi connectivity index (χ1) is 21.7. The summed E-state index contributed by atoms with van der Waals surface area (Å²) < 4.78 is 51.6. The van der Waals surface area contributed by atoms with Crippen molar-refractivity contribution in [3.8, 4) is 17.2 Å². The number of carbonyl (C=O) groups is 3. The van der Waals surface area contributed by atoms with Crippen LogP contribution in [-0.4, -0.2) is 46.1 Å². The van der Waals surface area contributed by atoms with Crippen molar-refractivity contribution < 1.29 is 47.1 Å². The molecule has 1 heterocycles. The normalized spacial score (nSPS) is 19.4. The minimum atomic E-state index is -4.81. The first-order valence-electron chi connectivity index (χ1n) is 14.7. The minimum Gasteiger partial charge on any atom is -0.493 e. The molecule has 2 aromatic carbocycles. The summed E-state index contributed by atoms with van der Waals surface area (Å²) in [7, 11) is 1.32. The van der Waals surface area contributed by atoms with Gasteiger partial charge in [-0.3, -0.25) is 24.5 Å². The number of ketones is 2. The number of benzene rings is 2. The number of nitro groups is 1. The zero-order chi connectivity index (χ0) is 34.8. The number of methoxy groups -OCH3 is 1. The number of aliphatic carboxylic acids is 1. The van der Waals surface area contributed by atoms with E-state index in [1.807, 2.05) is 50.3 Å². The summed E-state index contributed by atoms with van der Waals surface area (Å²) in [5, 5.41) is 21.6. The predicted octanol–water partition coefficient (Wildman–Crippen LogP) is 7.79. The number of ether oxygens (including phenoxy) is 2. The van der Waals surface area contributed by atoms with Crippen LogP contribution in [0.3, 0.4) is 0 Å². The number of rotatable bonds is 7. The second-order valence-electron chi connectivity index (χ2n) is 13.6. The van der Waals surface area contributed by atoms with Gasteiger partial charge in [0.2, 0.25) is 5.75 Å². The second-order valence-corrected chi connectivity index (χ2v) is 14.8. The first-order valence-corrected chi connectivity index (χ1v) is 15.7. The monoisotopic (exact) mass is 768 g/mol. The molecule has 0 amide bonds. The summed E-state index contributed by atoms with van der Waals surface area (Å²) in [5.41, 5.74) is -0.788. The van der Waals surface area contributed by atoms with Gasteiger partial charge in [-0.1, -0.05) is 27.7 Å². The van der Waals surface area contributed by atoms with Crippen LogP contribution in [0.15, 0.2) is 52.9 Å². The standard InChI is InChI=1S/C33H32F3IN2O8/c1-31(2)11-20-28(22(40)13-31)27(29-21(38(20)15-26(42)43)12-32(3,4)14-23(29)41)16-8-18(37)30(25(9-16)46-5)47-24-7-6-17(33(34,35)36)10-19(24)39(44)45/h6-10,27H,11-15H2,1-5H3,(H,42,43). The SMILES string of the molecule is COc1cc(C2C3=C(CC(C)(C)CC3=O)N(CC(=O)O)C3=C2C(=O)CC(C)(C)C3)cc(I)c1Oc1ccc(C(F)(F)F)cc1[N+](=O)[O-]. The number of carboxylic acid groups (broad SMARTS) is 1. The molecule has 0 saturated heterocycles. The fraction of sp³-hybridized carbons (Fsp3) is 0.424. The molecule has 2 aliphatic carbocycles. The Hall–Kier alpha value is -3.95. The van der Waals surface area contributed by atoms with Crippen molar-refractivity contribution >= 4 is 45.8 Å². The number of carboxylic acids is 1. The Bertz CT molecular complexity index is 1740. The minimum absolute atomic E-state index is 0.0152. The van der Waals surface area contributed by atoms with Crippen molar-refractivity contribution in [2.75, 3.05) is 13.7 Å². The van der Waals surface area contributed by atoms with Gasteiger partial charge in [0.1, 0.15) is 6.54 Å². The first kappa shape index (κ1) is 34.4. The average molecular weight is 769 g/mol. The Kier molecular flexibility index (Phi) is 8.73. The molecule has 0 atom stereocenters. The Morgan fingerprint density at radius 3 is 2.02 bits per heavy atom. The maximum absolute atomic E-state index is 13.9. The van der Waals surface area contributed by atoms with Crippen LogP contribution < -0.4 is 9.47 Å². The van der Waals surface area contributed by atoms with E-state index in [4.69, 9.17) is 9.47 Å². The number of alkyl halides is 3. The molecule has 0 radical (unpaired) electrons. The Balaban J connectivity index is 1.70. The Morgan fingerprint density at radius 2 is 1.55 bits per heavy atom. The molecule has 1 aliphatic heterocycles. The number of carbonyl (C=O) groups excluding carboxylic acids is 2. The van der Waals surface area contributed by atoms with Crippen molar-refractivity contribution in [3.63, 3.8) is 0 Å². The summed E-state index contributed by atoms with van der Waals surface area (Å²) in [6, 6.07) is 5.11. The molecule has 10 nitrogen and oxygen atoms in total. The molecule has 1 N–H and O–H groups in total. The summed E-state index contributed by atoms with van der Waals surface area (Å²) in [6.07, 6.45) is -3.65. The van der Waals surface area contributed by atoms with Gasteiger partial charge in [-0.25, -0.2) is 0 Å². The number of nitro benzene ring substituents is 1. The number of hydrogen-bond donors (Lipinski definition) is 1. The maximum Gasteiger partial charge on any atom is 0.416 e. The average Bonchev–Trinajstić information content (AvgIpc) is 2.92. The van der Waals surface area contributed by atoms with Crippen LogP contribution in [-0.2, 0) is 20.6 Å². The number of halogens is 4. The highest BCUT2D eigenvalue weighted by molar-refractivity contribution is 14.1. The summed E-state index contributed by atoms with van der Waals surface area (Å²) >= 11 is 1.90. The lowest BCUT2D eigenvalue weighted by Crippen LogP contribution is -2.45. The van der Waals surface area contributed by atoms with Crippen molar-refractivity contribution in [2.45, 2.75) is 65.5 Å². The second kappa shape index (κ2) is 11.9. The summed E-state index contributed by atoms with van der Waals surface area (Å²) in [5.74, 6) is -2.79. The quantitative estimate of drug-likeness (QED) is 0.170. The Labute approximate surface area is 281 Å². The molecule has 0 unspecified atom stereocenters. The molecule has 14 heteroatoms. The van der Waals surface area contributed by atoms with Crippen LogP contribution in [0.5, 0.6) is 17.2 Å². The van der Waals surface area contributed by atoms with E-state index in [2.05, 4.69) is 0 Å². The number of nitrogens with zero attached hydrogens (tertiary/aromatic N) is 2. The van der Waals surface area contributed by atoms with Crippen LogP contribution in [0, 0.1) is 24.5 Å². The van der Waals surface area contributed by atoms with Crippen LogP contribution in [0.1, 0.15) is 70.4 Å². The highest BCUT2D eigenvalue weighted by atomic mass is 127. The van der Waals surface area contributed by atoms with E-state index in [9.17, 15) is 42.8 Å². The van der Waals surface area contributed by atoms with E-state index in [0.29, 0.717) is 56.6 Å². The van der Waals surface area contributed by atoms with Crippen molar-refractivity contribution in [1.29, 1.82) is 0 Å². The molecule has 0 saturated carbocycles. The molecule has 0 spiro atoms. The van der Waals surface area contributed by atoms with Gasteiger partial charge >= 0.3 is 17.8 Å².